The van der Waals surface area contributed by atoms with Crippen molar-refractivity contribution in [3.05, 3.63) is 85.5 Å². The number of thioether (sulfide) groups is 1. The molecule has 9 nitrogen and oxygen atoms in total. The number of nitrogens with zero attached hydrogens (tertiary/aromatic N) is 4. The molecule has 1 aromatic heterocycles. The van der Waals surface area contributed by atoms with E-state index in [1.165, 1.54) is 23.9 Å². The third kappa shape index (κ3) is 4.61. The van der Waals surface area contributed by atoms with Crippen LogP contribution in [0.1, 0.15) is 31.7 Å². The van der Waals surface area contributed by atoms with Gasteiger partial charge >= 0.3 is 0 Å². The maximum absolute atomic E-state index is 13.2. The number of non-ortho nitro benzene ring substituents is 1. The second kappa shape index (κ2) is 9.67. The minimum Gasteiger partial charge on any atom is -0.457 e. The van der Waals surface area contributed by atoms with Gasteiger partial charge < -0.3 is 4.42 Å². The van der Waals surface area contributed by atoms with Gasteiger partial charge in [-0.15, -0.1) is 5.10 Å². The van der Waals surface area contributed by atoms with Crippen molar-refractivity contribution in [1.82, 2.24) is 10.3 Å². The molecule has 0 unspecified atom stereocenters. The monoisotopic (exact) mass is 553 g/mol. The molecule has 35 heavy (non-hydrogen) atoms. The lowest BCUT2D eigenvalue weighted by atomic mass is 10.1. The molecule has 2 aliphatic rings. The third-order valence-electron chi connectivity index (χ3n) is 5.53. The molecule has 5 rings (SSSR count). The predicted octanol–water partition coefficient (Wildman–Crippen LogP) is 4.29. The summed E-state index contributed by atoms with van der Waals surface area (Å²) < 4.78 is 6.93. The van der Waals surface area contributed by atoms with Crippen LogP contribution in [0.15, 0.2) is 73.6 Å². The number of carbonyl (C=O) groups excluding carboxylic acids is 1. The Kier molecular flexibility index (Phi) is 6.44. The standard InChI is InChI=1S/C24H20BrN5O4S/c1-2-3-11-35-24-27-23(31)21-17-13-15(25)7-8-18(17)26-22(29(21)28-24)20-10-9-19(34-20)14-5-4-6-16(12-14)30(32)33/h4-10,12-13,22H,2-3,11H2,1H3,(H,27,28,31)/t22-/m1/s1. The molecule has 11 heteroatoms. The number of amidine groups is 1. The zero-order chi connectivity index (χ0) is 24.5. The largest absolute Gasteiger partial charge is 0.457 e. The van der Waals surface area contributed by atoms with E-state index in [1.807, 2.05) is 18.2 Å². The number of hydrazone groups is 1. The molecule has 3 heterocycles. The topological polar surface area (TPSA) is 113 Å². The van der Waals surface area contributed by atoms with E-state index in [0.717, 1.165) is 23.1 Å². The van der Waals surface area contributed by atoms with Crippen molar-refractivity contribution in [3.8, 4) is 11.3 Å². The minimum absolute atomic E-state index is 0.0241. The lowest BCUT2D eigenvalue weighted by Gasteiger charge is -2.32. The normalized spacial score (nSPS) is 16.7. The first kappa shape index (κ1) is 23.3. The van der Waals surface area contributed by atoms with Crippen molar-refractivity contribution < 1.29 is 14.1 Å². The van der Waals surface area contributed by atoms with Gasteiger partial charge in [-0.2, -0.15) is 0 Å². The Bertz CT molecular complexity index is 1490. The van der Waals surface area contributed by atoms with Gasteiger partial charge in [0.1, 0.15) is 11.5 Å². The number of rotatable bonds is 6. The van der Waals surface area contributed by atoms with Gasteiger partial charge in [0.15, 0.2) is 10.9 Å². The average Bonchev–Trinajstić information content (AvgIpc) is 3.34. The van der Waals surface area contributed by atoms with Crippen LogP contribution in [0.5, 0.6) is 0 Å². The Morgan fingerprint density at radius 3 is 2.89 bits per heavy atom. The smallest absolute Gasteiger partial charge is 0.276 e. The van der Waals surface area contributed by atoms with E-state index in [-0.39, 0.29) is 11.6 Å². The Morgan fingerprint density at radius 1 is 1.23 bits per heavy atom. The quantitative estimate of drug-likeness (QED) is 0.276. The number of nitro benzene ring substituents is 1. The Balaban J connectivity index is 1.59. The highest BCUT2D eigenvalue weighted by Crippen LogP contribution is 2.34. The van der Waals surface area contributed by atoms with Crippen LogP contribution in [0.3, 0.4) is 0 Å². The van der Waals surface area contributed by atoms with E-state index in [4.69, 9.17) is 14.5 Å². The van der Waals surface area contributed by atoms with Gasteiger partial charge in [-0.1, -0.05) is 53.2 Å². The lowest BCUT2D eigenvalue weighted by molar-refractivity contribution is -0.384. The number of hydrogen-bond donors (Lipinski definition) is 1. The molecule has 2 aliphatic heterocycles. The average molecular weight is 554 g/mol. The van der Waals surface area contributed by atoms with E-state index in [0.29, 0.717) is 38.5 Å². The van der Waals surface area contributed by atoms with Gasteiger partial charge in [-0.25, -0.2) is 10.0 Å². The molecule has 3 aromatic rings. The summed E-state index contributed by atoms with van der Waals surface area (Å²) in [5, 5.41) is 22.2. The van der Waals surface area contributed by atoms with Gasteiger partial charge in [0.05, 0.1) is 10.3 Å². The van der Waals surface area contributed by atoms with Crippen molar-refractivity contribution in [2.45, 2.75) is 25.9 Å². The number of nitrogens with one attached hydrogen (secondary N) is 1. The second-order valence-corrected chi connectivity index (χ2v) is 9.93. The van der Waals surface area contributed by atoms with Gasteiger partial charge in [0, 0.05) is 33.1 Å². The number of unbranched alkanes of at least 4 members (excludes halogenated alkanes) is 1. The van der Waals surface area contributed by atoms with Crippen LogP contribution < -0.4 is 15.9 Å². The number of benzene rings is 2. The molecule has 1 amide bonds. The van der Waals surface area contributed by atoms with E-state index in [2.05, 4.69) is 28.2 Å². The molecule has 0 saturated heterocycles. The first-order chi connectivity index (χ1) is 16.9. The molecular formula is C24H20BrN5O4S. The maximum Gasteiger partial charge on any atom is 0.276 e. The van der Waals surface area contributed by atoms with Gasteiger partial charge in [0.25, 0.3) is 11.6 Å². The van der Waals surface area contributed by atoms with Crippen LogP contribution in [0, 0.1) is 10.1 Å². The van der Waals surface area contributed by atoms with E-state index < -0.39 is 11.1 Å². The second-order valence-electron chi connectivity index (χ2n) is 7.93. The Hall–Kier alpha value is -3.44. The van der Waals surface area contributed by atoms with Gasteiger partial charge in [-0.3, -0.25) is 20.2 Å². The molecule has 0 spiro atoms. The Labute approximate surface area is 212 Å². The number of amides is 1. The summed E-state index contributed by atoms with van der Waals surface area (Å²) in [6.45, 7) is 2.11. The molecule has 1 N–H and O–H groups in total. The summed E-state index contributed by atoms with van der Waals surface area (Å²) >= 11 is 4.96. The Morgan fingerprint density at radius 2 is 2.09 bits per heavy atom. The molecule has 178 valence electrons. The molecule has 2 aromatic carbocycles. The van der Waals surface area contributed by atoms with E-state index in [1.54, 1.807) is 29.3 Å². The van der Waals surface area contributed by atoms with Crippen molar-refractivity contribution >= 4 is 50.2 Å². The van der Waals surface area contributed by atoms with Crippen molar-refractivity contribution in [2.24, 2.45) is 10.1 Å². The number of fused-ring (bicyclic) bond motifs is 2. The zero-order valence-corrected chi connectivity index (χ0v) is 21.0. The zero-order valence-electron chi connectivity index (χ0n) is 18.6. The summed E-state index contributed by atoms with van der Waals surface area (Å²) in [6.07, 6.45) is 1.34. The molecule has 0 aliphatic carbocycles. The van der Waals surface area contributed by atoms with Crippen LogP contribution in [-0.4, -0.2) is 26.8 Å². The SMILES string of the molecule is CCCCSC1=NN2C(=c3cc(Br)ccc3=N[C@H]2c2ccc(-c3cccc([N+](=O)[O-])c3)o2)C(=O)N1. The van der Waals surface area contributed by atoms with Gasteiger partial charge in [-0.05, 0) is 36.8 Å². The summed E-state index contributed by atoms with van der Waals surface area (Å²) in [5.74, 6) is 1.50. The highest BCUT2D eigenvalue weighted by molar-refractivity contribution is 9.10. The first-order valence-electron chi connectivity index (χ1n) is 11.0. The number of halogens is 1. The van der Waals surface area contributed by atoms with Crippen LogP contribution in [0.25, 0.3) is 17.0 Å². The molecule has 0 bridgehead atoms. The predicted molar refractivity (Wildman–Crippen MR) is 137 cm³/mol. The fourth-order valence-corrected chi connectivity index (χ4v) is 5.13. The van der Waals surface area contributed by atoms with Crippen molar-refractivity contribution in [1.29, 1.82) is 0 Å². The molecule has 0 fully saturated rings. The third-order valence-corrected chi connectivity index (χ3v) is 6.97. The molecular weight excluding hydrogens is 534 g/mol. The van der Waals surface area contributed by atoms with Gasteiger partial charge in [0.2, 0.25) is 6.17 Å². The lowest BCUT2D eigenvalue weighted by Crippen LogP contribution is -2.50. The highest BCUT2D eigenvalue weighted by atomic mass is 79.9. The highest BCUT2D eigenvalue weighted by Gasteiger charge is 2.36. The summed E-state index contributed by atoms with van der Waals surface area (Å²) in [6, 6.07) is 15.3. The number of nitro groups is 1. The summed E-state index contributed by atoms with van der Waals surface area (Å²) in [5.41, 5.74) is 0.934. The maximum atomic E-state index is 13.2. The van der Waals surface area contributed by atoms with Crippen molar-refractivity contribution in [2.75, 3.05) is 5.75 Å². The number of carbonyl (C=O) groups is 1. The summed E-state index contributed by atoms with van der Waals surface area (Å²) in [4.78, 5) is 28.8. The fraction of sp³-hybridized carbons (Fsp3) is 0.208. The fourth-order valence-electron chi connectivity index (χ4n) is 3.83. The van der Waals surface area contributed by atoms with E-state index in [9.17, 15) is 14.9 Å². The van der Waals surface area contributed by atoms with Crippen LogP contribution in [-0.2, 0) is 4.79 Å². The minimum atomic E-state index is -0.709. The molecule has 0 radical (unpaired) electrons. The van der Waals surface area contributed by atoms with Crippen LogP contribution in [0.2, 0.25) is 0 Å². The van der Waals surface area contributed by atoms with Crippen LogP contribution >= 0.6 is 27.7 Å². The first-order valence-corrected chi connectivity index (χ1v) is 12.8. The molecule has 0 saturated carbocycles. The summed E-state index contributed by atoms with van der Waals surface area (Å²) in [7, 11) is 0. The number of furan rings is 1. The van der Waals surface area contributed by atoms with Crippen molar-refractivity contribution in [3.63, 3.8) is 0 Å². The van der Waals surface area contributed by atoms with Crippen LogP contribution in [0.4, 0.5) is 5.69 Å². The van der Waals surface area contributed by atoms with E-state index >= 15 is 0 Å². The number of hydrogen-bond acceptors (Lipinski definition) is 8. The molecule has 1 atom stereocenters.